The molecule has 0 aromatic carbocycles. The van der Waals surface area contributed by atoms with Crippen LogP contribution in [0.25, 0.3) is 0 Å². The fourth-order valence-corrected chi connectivity index (χ4v) is 2.32. The summed E-state index contributed by atoms with van der Waals surface area (Å²) in [7, 11) is 0. The summed E-state index contributed by atoms with van der Waals surface area (Å²) in [6, 6.07) is 0.736. The quantitative estimate of drug-likeness (QED) is 0.616. The van der Waals surface area contributed by atoms with Crippen molar-refractivity contribution in [1.82, 2.24) is 5.32 Å². The van der Waals surface area contributed by atoms with Crippen molar-refractivity contribution in [3.63, 3.8) is 0 Å². The molecule has 0 saturated heterocycles. The van der Waals surface area contributed by atoms with E-state index in [0.717, 1.165) is 12.6 Å². The van der Waals surface area contributed by atoms with E-state index < -0.39 is 0 Å². The standard InChI is InChI=1S/C11H20N2/c1-2-4-7-10(6-3-1)13-11-8-5-9-12-11/h10H,1-9H2,(H,12,13). The van der Waals surface area contributed by atoms with Gasteiger partial charge in [0.2, 0.25) is 0 Å². The van der Waals surface area contributed by atoms with Crippen molar-refractivity contribution in [2.24, 2.45) is 4.99 Å². The summed E-state index contributed by atoms with van der Waals surface area (Å²) in [5.74, 6) is 1.28. The minimum absolute atomic E-state index is 0.736. The first-order chi connectivity index (χ1) is 6.45. The Balaban J connectivity index is 1.78. The van der Waals surface area contributed by atoms with Gasteiger partial charge < -0.3 is 5.32 Å². The first kappa shape index (κ1) is 9.04. The highest BCUT2D eigenvalue weighted by atomic mass is 15.0. The topological polar surface area (TPSA) is 24.4 Å². The molecule has 0 bridgehead atoms. The maximum Gasteiger partial charge on any atom is 0.0965 e. The van der Waals surface area contributed by atoms with Crippen molar-refractivity contribution in [2.75, 3.05) is 6.54 Å². The molecule has 0 atom stereocenters. The van der Waals surface area contributed by atoms with Gasteiger partial charge in [0.15, 0.2) is 0 Å². The molecule has 2 aliphatic rings. The summed E-state index contributed by atoms with van der Waals surface area (Å²) in [4.78, 5) is 4.47. The van der Waals surface area contributed by atoms with E-state index in [1.807, 2.05) is 0 Å². The van der Waals surface area contributed by atoms with Gasteiger partial charge in [-0.25, -0.2) is 0 Å². The molecule has 74 valence electrons. The maximum absolute atomic E-state index is 4.47. The van der Waals surface area contributed by atoms with E-state index in [4.69, 9.17) is 0 Å². The van der Waals surface area contributed by atoms with Crippen LogP contribution in [0.5, 0.6) is 0 Å². The van der Waals surface area contributed by atoms with E-state index in [1.165, 1.54) is 57.2 Å². The van der Waals surface area contributed by atoms with Gasteiger partial charge in [-0.05, 0) is 19.3 Å². The third kappa shape index (κ3) is 2.71. The summed E-state index contributed by atoms with van der Waals surface area (Å²) in [5, 5.41) is 3.61. The molecule has 0 spiro atoms. The van der Waals surface area contributed by atoms with Crippen LogP contribution in [0, 0.1) is 0 Å². The average molecular weight is 180 g/mol. The zero-order chi connectivity index (χ0) is 8.93. The van der Waals surface area contributed by atoms with Gasteiger partial charge in [-0.2, -0.15) is 0 Å². The van der Waals surface area contributed by atoms with Crippen LogP contribution in [0.1, 0.15) is 51.4 Å². The first-order valence-electron chi connectivity index (χ1n) is 5.75. The molecule has 2 nitrogen and oxygen atoms in total. The van der Waals surface area contributed by atoms with E-state index in [2.05, 4.69) is 10.3 Å². The summed E-state index contributed by atoms with van der Waals surface area (Å²) in [6.45, 7) is 1.05. The van der Waals surface area contributed by atoms with Crippen LogP contribution in [0.4, 0.5) is 0 Å². The zero-order valence-corrected chi connectivity index (χ0v) is 8.39. The molecule has 1 aliphatic heterocycles. The second-order valence-electron chi connectivity index (χ2n) is 4.26. The minimum Gasteiger partial charge on any atom is -0.371 e. The first-order valence-corrected chi connectivity index (χ1v) is 5.75. The average Bonchev–Trinajstić information content (AvgIpc) is 2.49. The molecule has 0 unspecified atom stereocenters. The van der Waals surface area contributed by atoms with Crippen LogP contribution in [0.15, 0.2) is 4.99 Å². The summed E-state index contributed by atoms with van der Waals surface area (Å²) >= 11 is 0. The van der Waals surface area contributed by atoms with E-state index >= 15 is 0 Å². The molecule has 1 aliphatic carbocycles. The van der Waals surface area contributed by atoms with E-state index in [1.54, 1.807) is 0 Å². The van der Waals surface area contributed by atoms with Crippen LogP contribution in [0.3, 0.4) is 0 Å². The fourth-order valence-electron chi connectivity index (χ4n) is 2.32. The highest BCUT2D eigenvalue weighted by Crippen LogP contribution is 2.17. The van der Waals surface area contributed by atoms with E-state index in [-0.39, 0.29) is 0 Å². The summed E-state index contributed by atoms with van der Waals surface area (Å²) in [6.07, 6.45) is 10.9. The lowest BCUT2D eigenvalue weighted by Crippen LogP contribution is -2.33. The maximum atomic E-state index is 4.47. The molecule has 1 heterocycles. The van der Waals surface area contributed by atoms with Crippen LogP contribution in [-0.2, 0) is 0 Å². The van der Waals surface area contributed by atoms with Crippen molar-refractivity contribution >= 4 is 5.84 Å². The molecule has 1 N–H and O–H groups in total. The summed E-state index contributed by atoms with van der Waals surface area (Å²) < 4.78 is 0. The molecule has 0 amide bonds. The predicted molar refractivity (Wildman–Crippen MR) is 56.2 cm³/mol. The van der Waals surface area contributed by atoms with E-state index in [0.29, 0.717) is 0 Å². The number of nitrogens with one attached hydrogen (secondary N) is 1. The highest BCUT2D eigenvalue weighted by Gasteiger charge is 2.14. The van der Waals surface area contributed by atoms with Gasteiger partial charge in [-0.3, -0.25) is 4.99 Å². The smallest absolute Gasteiger partial charge is 0.0965 e. The molecule has 0 aromatic rings. The molecule has 13 heavy (non-hydrogen) atoms. The Kier molecular flexibility index (Phi) is 3.22. The van der Waals surface area contributed by atoms with Gasteiger partial charge in [0.1, 0.15) is 0 Å². The third-order valence-electron chi connectivity index (χ3n) is 3.10. The predicted octanol–water partition coefficient (Wildman–Crippen LogP) is 2.49. The molecule has 0 radical (unpaired) electrons. The van der Waals surface area contributed by atoms with Crippen molar-refractivity contribution in [1.29, 1.82) is 0 Å². The number of aliphatic imine (C=N–C) groups is 1. The second-order valence-corrected chi connectivity index (χ2v) is 4.26. The number of hydrogen-bond acceptors (Lipinski definition) is 2. The monoisotopic (exact) mass is 180 g/mol. The lowest BCUT2D eigenvalue weighted by molar-refractivity contribution is 0.530. The van der Waals surface area contributed by atoms with Gasteiger partial charge in [0.05, 0.1) is 5.84 Å². The number of nitrogens with zero attached hydrogens (tertiary/aromatic N) is 1. The normalized spacial score (nSPS) is 25.4. The number of rotatable bonds is 1. The van der Waals surface area contributed by atoms with Crippen LogP contribution in [-0.4, -0.2) is 18.4 Å². The lowest BCUT2D eigenvalue weighted by atomic mass is 10.1. The van der Waals surface area contributed by atoms with Gasteiger partial charge >= 0.3 is 0 Å². The third-order valence-corrected chi connectivity index (χ3v) is 3.10. The molecular weight excluding hydrogens is 160 g/mol. The fraction of sp³-hybridized carbons (Fsp3) is 0.909. The zero-order valence-electron chi connectivity index (χ0n) is 8.39. The Morgan fingerprint density at radius 3 is 2.38 bits per heavy atom. The Bertz CT molecular complexity index is 179. The van der Waals surface area contributed by atoms with Gasteiger partial charge in [-0.15, -0.1) is 0 Å². The minimum atomic E-state index is 0.736. The molecular formula is C11H20N2. The Morgan fingerprint density at radius 2 is 1.77 bits per heavy atom. The van der Waals surface area contributed by atoms with Gasteiger partial charge in [-0.1, -0.05) is 25.7 Å². The number of hydrogen-bond donors (Lipinski definition) is 1. The van der Waals surface area contributed by atoms with Crippen LogP contribution >= 0.6 is 0 Å². The largest absolute Gasteiger partial charge is 0.371 e. The molecule has 0 aromatic heterocycles. The van der Waals surface area contributed by atoms with Crippen molar-refractivity contribution in [2.45, 2.75) is 57.4 Å². The van der Waals surface area contributed by atoms with Gasteiger partial charge in [0, 0.05) is 19.0 Å². The van der Waals surface area contributed by atoms with Gasteiger partial charge in [0.25, 0.3) is 0 Å². The van der Waals surface area contributed by atoms with Crippen LogP contribution in [0.2, 0.25) is 0 Å². The Morgan fingerprint density at radius 1 is 1.00 bits per heavy atom. The Labute approximate surface area is 80.8 Å². The van der Waals surface area contributed by atoms with Crippen molar-refractivity contribution in [3.05, 3.63) is 0 Å². The molecule has 2 heteroatoms. The SMILES string of the molecule is C1CCCC(NC2=NCCC2)CC1. The second kappa shape index (κ2) is 4.64. The summed E-state index contributed by atoms with van der Waals surface area (Å²) in [5.41, 5.74) is 0. The lowest BCUT2D eigenvalue weighted by Gasteiger charge is -2.16. The molecule has 1 fully saturated rings. The Hall–Kier alpha value is -0.530. The highest BCUT2D eigenvalue weighted by molar-refractivity contribution is 5.83. The van der Waals surface area contributed by atoms with Crippen molar-refractivity contribution in [3.8, 4) is 0 Å². The molecule has 1 saturated carbocycles. The molecule has 2 rings (SSSR count). The van der Waals surface area contributed by atoms with E-state index in [9.17, 15) is 0 Å². The number of amidine groups is 1. The van der Waals surface area contributed by atoms with Crippen LogP contribution < -0.4 is 5.32 Å². The van der Waals surface area contributed by atoms with Crippen molar-refractivity contribution < 1.29 is 0 Å².